The van der Waals surface area contributed by atoms with Crippen molar-refractivity contribution < 1.29 is 50.9 Å². The van der Waals surface area contributed by atoms with E-state index in [-0.39, 0.29) is 21.9 Å². The normalized spacial score (nSPS) is 13.9. The Morgan fingerprint density at radius 3 is 2.00 bits per heavy atom. The first-order chi connectivity index (χ1) is 16.2. The molecule has 1 aliphatic heterocycles. The number of ether oxygens (including phenoxy) is 1. The minimum atomic E-state index is -5.08. The molecule has 0 amide bonds. The van der Waals surface area contributed by atoms with Gasteiger partial charge >= 0.3 is 18.1 Å². The molecule has 0 atom stereocenters. The minimum absolute atomic E-state index is 0.00836. The lowest BCUT2D eigenvalue weighted by atomic mass is 10.1. The highest BCUT2D eigenvalue weighted by molar-refractivity contribution is 7.92. The molecule has 14 heteroatoms. The minimum Gasteiger partial charge on any atom is -0.478 e. The molecule has 190 valence electrons. The molecule has 1 saturated heterocycles. The first-order valence-corrected chi connectivity index (χ1v) is 11.3. The number of anilines is 2. The van der Waals surface area contributed by atoms with E-state index in [9.17, 15) is 36.3 Å². The van der Waals surface area contributed by atoms with Gasteiger partial charge in [0.1, 0.15) is 0 Å². The maximum atomic E-state index is 12.6. The highest BCUT2D eigenvalue weighted by Crippen LogP contribution is 2.27. The molecule has 1 heterocycles. The van der Waals surface area contributed by atoms with Gasteiger partial charge in [-0.05, 0) is 37.3 Å². The molecule has 3 N–H and O–H groups in total. The Bertz CT molecular complexity index is 1190. The second-order valence-electron chi connectivity index (χ2n) is 7.13. The maximum Gasteiger partial charge on any atom is 0.490 e. The summed E-state index contributed by atoms with van der Waals surface area (Å²) in [6.45, 7) is 3.53. The first-order valence-electron chi connectivity index (χ1n) is 9.86. The van der Waals surface area contributed by atoms with Crippen molar-refractivity contribution >= 4 is 39.1 Å². The van der Waals surface area contributed by atoms with Gasteiger partial charge in [-0.1, -0.05) is 12.1 Å². The van der Waals surface area contributed by atoms with E-state index in [0.717, 1.165) is 0 Å². The molecule has 0 radical (unpaired) electrons. The summed E-state index contributed by atoms with van der Waals surface area (Å²) in [4.78, 5) is 33.8. The van der Waals surface area contributed by atoms with E-state index in [2.05, 4.69) is 4.72 Å². The average molecular weight is 518 g/mol. The van der Waals surface area contributed by atoms with Gasteiger partial charge < -0.3 is 19.8 Å². The van der Waals surface area contributed by atoms with Crippen LogP contribution in [0.5, 0.6) is 0 Å². The third-order valence-electron chi connectivity index (χ3n) is 4.64. The number of rotatable bonds is 6. The number of Topliss-reactive ketones (excluding diaryl/α,β-unsaturated/α-hetero) is 1. The number of hydrogen-bond acceptors (Lipinski definition) is 7. The molecule has 2 aromatic carbocycles. The fraction of sp³-hybridized carbons (Fsp3) is 0.286. The van der Waals surface area contributed by atoms with Crippen LogP contribution in [0.25, 0.3) is 0 Å². The average Bonchev–Trinajstić information content (AvgIpc) is 2.79. The number of morpholine rings is 1. The van der Waals surface area contributed by atoms with Crippen molar-refractivity contribution in [2.75, 3.05) is 35.9 Å². The Morgan fingerprint density at radius 2 is 1.54 bits per heavy atom. The number of hydrogen-bond donors (Lipinski definition) is 3. The molecule has 1 fully saturated rings. The van der Waals surface area contributed by atoms with Crippen LogP contribution in [0.3, 0.4) is 0 Å². The summed E-state index contributed by atoms with van der Waals surface area (Å²) in [5, 5.41) is 16.7. The number of carboxylic acid groups (broad SMARTS) is 2. The molecule has 10 nitrogen and oxygen atoms in total. The number of carbonyl (C=O) groups is 3. The Kier molecular flexibility index (Phi) is 8.82. The number of aromatic carboxylic acids is 1. The van der Waals surface area contributed by atoms with Crippen LogP contribution in [-0.4, -0.2) is 68.8 Å². The van der Waals surface area contributed by atoms with Gasteiger partial charge in [0.05, 0.1) is 29.4 Å². The van der Waals surface area contributed by atoms with E-state index in [1.165, 1.54) is 43.3 Å². The molecule has 35 heavy (non-hydrogen) atoms. The number of ketones is 1. The summed E-state index contributed by atoms with van der Waals surface area (Å²) >= 11 is 0. The lowest BCUT2D eigenvalue weighted by Crippen LogP contribution is -2.37. The van der Waals surface area contributed by atoms with Crippen molar-refractivity contribution in [2.45, 2.75) is 18.0 Å². The number of aliphatic carboxylic acids is 1. The third-order valence-corrected chi connectivity index (χ3v) is 6.04. The van der Waals surface area contributed by atoms with Crippen molar-refractivity contribution in [3.05, 3.63) is 53.6 Å². The van der Waals surface area contributed by atoms with Crippen LogP contribution in [0.4, 0.5) is 24.5 Å². The van der Waals surface area contributed by atoms with Crippen LogP contribution >= 0.6 is 0 Å². The third kappa shape index (κ3) is 7.68. The van der Waals surface area contributed by atoms with Crippen molar-refractivity contribution in [1.82, 2.24) is 0 Å². The summed E-state index contributed by atoms with van der Waals surface area (Å²) in [6.07, 6.45) is -5.08. The number of alkyl halides is 3. The molecule has 2 aromatic rings. The smallest absolute Gasteiger partial charge is 0.478 e. The van der Waals surface area contributed by atoms with Gasteiger partial charge in [-0.25, -0.2) is 18.0 Å². The lowest BCUT2D eigenvalue weighted by molar-refractivity contribution is -0.192. The van der Waals surface area contributed by atoms with E-state index in [1.807, 2.05) is 4.90 Å². The number of benzene rings is 2. The molecule has 0 unspecified atom stereocenters. The molecule has 0 spiro atoms. The molecule has 0 saturated carbocycles. The molecule has 0 aliphatic carbocycles. The lowest BCUT2D eigenvalue weighted by Gasteiger charge is -2.30. The van der Waals surface area contributed by atoms with Crippen molar-refractivity contribution in [3.63, 3.8) is 0 Å². The highest BCUT2D eigenvalue weighted by atomic mass is 32.2. The zero-order chi connectivity index (χ0) is 26.4. The standard InChI is InChI=1S/C19H20N2O6S.C2HF3O2/c1-13(22)14-2-5-16(6-3-14)28(25,26)20-15-4-7-18(17(12-15)19(23)24)21-8-10-27-11-9-21;3-2(4,5)1(6)7/h2-7,12,20H,8-11H2,1H3,(H,23,24);(H,6,7). The van der Waals surface area contributed by atoms with Gasteiger partial charge in [0, 0.05) is 24.3 Å². The largest absolute Gasteiger partial charge is 0.490 e. The van der Waals surface area contributed by atoms with Gasteiger partial charge in [0.15, 0.2) is 5.78 Å². The number of carbonyl (C=O) groups excluding carboxylic acids is 1. The number of nitrogens with zero attached hydrogens (tertiary/aromatic N) is 1. The van der Waals surface area contributed by atoms with Crippen LogP contribution < -0.4 is 9.62 Å². The number of carboxylic acids is 2. The van der Waals surface area contributed by atoms with Crippen LogP contribution in [0, 0.1) is 0 Å². The predicted octanol–water partition coefficient (Wildman–Crippen LogP) is 2.86. The summed E-state index contributed by atoms with van der Waals surface area (Å²) < 4.78 is 64.6. The first kappa shape index (κ1) is 27.6. The van der Waals surface area contributed by atoms with Gasteiger partial charge in [-0.15, -0.1) is 0 Å². The number of halogens is 3. The van der Waals surface area contributed by atoms with E-state index in [1.54, 1.807) is 6.07 Å². The molecular formula is C21H21F3N2O8S. The Labute approximate surface area is 198 Å². The molecule has 3 rings (SSSR count). The summed E-state index contributed by atoms with van der Waals surface area (Å²) in [6, 6.07) is 9.94. The highest BCUT2D eigenvalue weighted by Gasteiger charge is 2.38. The fourth-order valence-corrected chi connectivity index (χ4v) is 3.98. The fourth-order valence-electron chi connectivity index (χ4n) is 2.93. The van der Waals surface area contributed by atoms with Gasteiger partial charge in [-0.3, -0.25) is 9.52 Å². The molecule has 1 aliphatic rings. The summed E-state index contributed by atoms with van der Waals surface area (Å²) in [5.41, 5.74) is 1.07. The number of nitrogens with one attached hydrogen (secondary N) is 1. The van der Waals surface area contributed by atoms with E-state index in [4.69, 9.17) is 14.6 Å². The monoisotopic (exact) mass is 518 g/mol. The number of sulfonamides is 1. The zero-order valence-corrected chi connectivity index (χ0v) is 19.0. The zero-order valence-electron chi connectivity index (χ0n) is 18.2. The van der Waals surface area contributed by atoms with Crippen molar-refractivity contribution in [3.8, 4) is 0 Å². The summed E-state index contributed by atoms with van der Waals surface area (Å²) in [7, 11) is -3.92. The van der Waals surface area contributed by atoms with Gasteiger partial charge in [-0.2, -0.15) is 13.2 Å². The summed E-state index contributed by atoms with van der Waals surface area (Å²) in [5.74, 6) is -4.07. The van der Waals surface area contributed by atoms with E-state index >= 15 is 0 Å². The van der Waals surface area contributed by atoms with Crippen LogP contribution in [0.1, 0.15) is 27.6 Å². The maximum absolute atomic E-state index is 12.6. The van der Waals surface area contributed by atoms with E-state index in [0.29, 0.717) is 37.6 Å². The second-order valence-corrected chi connectivity index (χ2v) is 8.81. The van der Waals surface area contributed by atoms with Crippen LogP contribution in [-0.2, 0) is 19.6 Å². The van der Waals surface area contributed by atoms with E-state index < -0.39 is 28.1 Å². The quantitative estimate of drug-likeness (QED) is 0.491. The second kappa shape index (κ2) is 11.2. The Balaban J connectivity index is 0.000000540. The van der Waals surface area contributed by atoms with Crippen molar-refractivity contribution in [1.29, 1.82) is 0 Å². The molecule has 0 aromatic heterocycles. The van der Waals surface area contributed by atoms with Gasteiger partial charge in [0.2, 0.25) is 0 Å². The van der Waals surface area contributed by atoms with Crippen molar-refractivity contribution in [2.24, 2.45) is 0 Å². The Morgan fingerprint density at radius 1 is 1.00 bits per heavy atom. The predicted molar refractivity (Wildman–Crippen MR) is 117 cm³/mol. The SMILES string of the molecule is CC(=O)c1ccc(S(=O)(=O)Nc2ccc(N3CCOCC3)c(C(=O)O)c2)cc1.O=C(O)C(F)(F)F. The van der Waals surface area contributed by atoms with Gasteiger partial charge in [0.25, 0.3) is 10.0 Å². The molecule has 0 bridgehead atoms. The molecular weight excluding hydrogens is 497 g/mol. The van der Waals surface area contributed by atoms with Crippen LogP contribution in [0.15, 0.2) is 47.4 Å². The topological polar surface area (TPSA) is 150 Å². The Hall–Kier alpha value is -3.65. The van der Waals surface area contributed by atoms with Crippen LogP contribution in [0.2, 0.25) is 0 Å².